The molecular formula is C12H22CuN2O10. The number of rotatable bonds is 11. The Kier molecular flexibility index (Phi) is 13.1. The zero-order chi connectivity index (χ0) is 20.0. The number of hydrogen-bond donors (Lipinski definition) is 6. The van der Waals surface area contributed by atoms with Crippen LogP contribution in [0.3, 0.4) is 0 Å². The first kappa shape index (κ1) is 25.0. The molecule has 0 unspecified atom stereocenters. The minimum atomic E-state index is -2.73. The van der Waals surface area contributed by atoms with Crippen LogP contribution in [0.4, 0.5) is 0 Å². The van der Waals surface area contributed by atoms with Crippen LogP contribution in [0.25, 0.3) is 0 Å². The molecule has 0 bridgehead atoms. The summed E-state index contributed by atoms with van der Waals surface area (Å²) in [4.78, 5) is 56.7. The number of carbonyl (C=O) groups excluding carboxylic acids is 1. The Bertz CT molecular complexity index is 427. The standard InChI is InChI=1S/C4H10N2O2.4C2H3O2.Cu/c1-4(7)8-6-3-2-5;4*1-2(3)4;/h6H,2-3,5H2,1H3;4*1H2,(H,3,4);. The van der Waals surface area contributed by atoms with Crippen molar-refractivity contribution >= 4 is 29.8 Å². The Morgan fingerprint density at radius 3 is 1.36 bits per heavy atom. The van der Waals surface area contributed by atoms with Crippen molar-refractivity contribution in [2.24, 2.45) is 5.73 Å². The molecule has 0 atom stereocenters. The zero-order valence-electron chi connectivity index (χ0n) is 13.4. The summed E-state index contributed by atoms with van der Waals surface area (Å²) in [6, 6.07) is 0. The van der Waals surface area contributed by atoms with Crippen molar-refractivity contribution in [3.05, 3.63) is 0 Å². The number of nitrogens with two attached hydrogens (primary N) is 1. The first-order valence-electron chi connectivity index (χ1n) is 6.35. The molecule has 0 aliphatic carbocycles. The zero-order valence-corrected chi connectivity index (χ0v) is 14.3. The van der Waals surface area contributed by atoms with Crippen LogP contribution in [0.5, 0.6) is 0 Å². The van der Waals surface area contributed by atoms with Gasteiger partial charge in [-0.3, -0.25) is 4.79 Å². The molecule has 0 amide bonds. The molecule has 0 radical (unpaired) electrons. The second kappa shape index (κ2) is 13.1. The average molecular weight is 418 g/mol. The van der Waals surface area contributed by atoms with Crippen LogP contribution in [0.15, 0.2) is 0 Å². The molecule has 0 aromatic rings. The van der Waals surface area contributed by atoms with Crippen LogP contribution in [0.2, 0.25) is 21.3 Å². The van der Waals surface area contributed by atoms with Gasteiger partial charge in [0.1, 0.15) is 0 Å². The number of carboxylic acids is 4. The van der Waals surface area contributed by atoms with E-state index in [1.807, 2.05) is 0 Å². The molecule has 0 heterocycles. The summed E-state index contributed by atoms with van der Waals surface area (Å²) in [6.45, 7) is 2.29. The number of carboxylic acid groups (broad SMARTS) is 4. The van der Waals surface area contributed by atoms with Crippen molar-refractivity contribution < 1.29 is 62.1 Å². The molecule has 0 aromatic heterocycles. The van der Waals surface area contributed by atoms with Gasteiger partial charge in [-0.2, -0.15) is 5.48 Å². The average Bonchev–Trinajstić information content (AvgIpc) is 2.34. The quantitative estimate of drug-likeness (QED) is 0.138. The van der Waals surface area contributed by atoms with Crippen LogP contribution in [-0.4, -0.2) is 63.4 Å². The fourth-order valence-electron chi connectivity index (χ4n) is 1.21. The fraction of sp³-hybridized carbons (Fsp3) is 0.583. The third-order valence-corrected chi connectivity index (χ3v) is 5.70. The van der Waals surface area contributed by atoms with Crippen LogP contribution < -0.4 is 11.2 Å². The topological polar surface area (TPSA) is 214 Å². The van der Waals surface area contributed by atoms with Crippen molar-refractivity contribution in [2.75, 3.05) is 13.1 Å². The molecule has 0 aliphatic heterocycles. The number of nitrogens with one attached hydrogen (secondary N) is 1. The second-order valence-electron chi connectivity index (χ2n) is 4.18. The van der Waals surface area contributed by atoms with Crippen molar-refractivity contribution in [2.45, 2.75) is 28.2 Å². The van der Waals surface area contributed by atoms with Crippen LogP contribution in [0, 0.1) is 0 Å². The third-order valence-electron chi connectivity index (χ3n) is 1.73. The van der Waals surface area contributed by atoms with E-state index in [1.54, 1.807) is 0 Å². The van der Waals surface area contributed by atoms with Crippen LogP contribution in [0.1, 0.15) is 6.92 Å². The van der Waals surface area contributed by atoms with E-state index in [4.69, 9.17) is 26.2 Å². The Hall–Kier alpha value is -2.21. The molecule has 12 nitrogen and oxygen atoms in total. The molecule has 151 valence electrons. The minimum absolute atomic E-state index is 0.349. The molecule has 0 aromatic carbocycles. The predicted octanol–water partition coefficient (Wildman–Crippen LogP) is -0.835. The van der Waals surface area contributed by atoms with E-state index in [2.05, 4.69) is 10.3 Å². The number of aliphatic carboxylic acids is 4. The van der Waals surface area contributed by atoms with Gasteiger partial charge in [-0.15, -0.1) is 0 Å². The van der Waals surface area contributed by atoms with Gasteiger partial charge in [0, 0.05) is 20.0 Å². The van der Waals surface area contributed by atoms with Gasteiger partial charge in [0.15, 0.2) is 0 Å². The molecule has 0 rings (SSSR count). The first-order valence-corrected chi connectivity index (χ1v) is 9.02. The van der Waals surface area contributed by atoms with E-state index in [9.17, 15) is 24.0 Å². The van der Waals surface area contributed by atoms with Gasteiger partial charge in [-0.05, 0) is 0 Å². The van der Waals surface area contributed by atoms with Crippen molar-refractivity contribution in [3.8, 4) is 0 Å². The van der Waals surface area contributed by atoms with Crippen LogP contribution >= 0.6 is 0 Å². The summed E-state index contributed by atoms with van der Waals surface area (Å²) >= 11 is -2.73. The predicted molar refractivity (Wildman–Crippen MR) is 78.6 cm³/mol. The maximum absolute atomic E-state index is 10.6. The van der Waals surface area contributed by atoms with E-state index in [1.165, 1.54) is 6.92 Å². The van der Waals surface area contributed by atoms with E-state index < -0.39 is 58.0 Å². The number of hydroxylamine groups is 1. The van der Waals surface area contributed by atoms with Crippen molar-refractivity contribution in [1.82, 2.24) is 5.48 Å². The summed E-state index contributed by atoms with van der Waals surface area (Å²) in [5.74, 6) is -5.96. The normalized spacial score (nSPS) is 10.8. The molecule has 0 saturated heterocycles. The van der Waals surface area contributed by atoms with E-state index >= 15 is 0 Å². The fourth-order valence-corrected chi connectivity index (χ4v) is 4.33. The Morgan fingerprint density at radius 1 is 0.840 bits per heavy atom. The van der Waals surface area contributed by atoms with Gasteiger partial charge in [0.05, 0.1) is 0 Å². The monoisotopic (exact) mass is 417 g/mol. The van der Waals surface area contributed by atoms with E-state index in [0.29, 0.717) is 13.1 Å². The summed E-state index contributed by atoms with van der Waals surface area (Å²) in [7, 11) is 0. The van der Waals surface area contributed by atoms with E-state index in [0.717, 1.165) is 0 Å². The van der Waals surface area contributed by atoms with Crippen molar-refractivity contribution in [1.29, 1.82) is 0 Å². The Labute approximate surface area is 145 Å². The SMILES string of the molecule is CC(=O)ONCCN.O=C(O)[CH2][Cu]([CH2]C(=O)O)([CH2]C(=O)O)[CH2]C(=O)O. The molecule has 0 spiro atoms. The molecule has 0 fully saturated rings. The first-order chi connectivity index (χ1) is 11.4. The summed E-state index contributed by atoms with van der Waals surface area (Å²) in [5, 5.41) is 31.5. The van der Waals surface area contributed by atoms with Gasteiger partial charge < -0.3 is 10.6 Å². The van der Waals surface area contributed by atoms with Gasteiger partial charge in [-0.1, -0.05) is 0 Å². The third kappa shape index (κ3) is 16.4. The summed E-state index contributed by atoms with van der Waals surface area (Å²) in [6.07, 6.45) is 0. The number of carbonyl (C=O) groups is 5. The molecule has 25 heavy (non-hydrogen) atoms. The van der Waals surface area contributed by atoms with Gasteiger partial charge in [0.25, 0.3) is 0 Å². The molecule has 0 saturated carbocycles. The van der Waals surface area contributed by atoms with Crippen molar-refractivity contribution in [3.63, 3.8) is 0 Å². The Balaban J connectivity index is 0. The molecule has 0 aliphatic rings. The molecule has 13 heteroatoms. The summed E-state index contributed by atoms with van der Waals surface area (Å²) in [5.41, 5.74) is 7.42. The summed E-state index contributed by atoms with van der Waals surface area (Å²) < 4.78 is 0. The molecule has 7 N–H and O–H groups in total. The second-order valence-corrected chi connectivity index (χ2v) is 8.34. The van der Waals surface area contributed by atoms with E-state index in [-0.39, 0.29) is 5.97 Å². The molecular weight excluding hydrogens is 396 g/mol. The number of hydrogen-bond acceptors (Lipinski definition) is 8. The van der Waals surface area contributed by atoms with Gasteiger partial charge >= 0.3 is 104 Å². The maximum atomic E-state index is 10.6. The Morgan fingerprint density at radius 2 is 1.16 bits per heavy atom. The van der Waals surface area contributed by atoms with Gasteiger partial charge in [0.2, 0.25) is 0 Å². The van der Waals surface area contributed by atoms with Gasteiger partial charge in [-0.25, -0.2) is 0 Å². The van der Waals surface area contributed by atoms with Crippen LogP contribution in [-0.2, 0) is 41.7 Å².